The van der Waals surface area contributed by atoms with Gasteiger partial charge in [-0.15, -0.1) is 0 Å². The van der Waals surface area contributed by atoms with Gasteiger partial charge in [0.2, 0.25) is 5.91 Å². The molecule has 0 spiro atoms. The number of nitrogens with zero attached hydrogens (tertiary/aromatic N) is 1. The van der Waals surface area contributed by atoms with E-state index >= 15 is 0 Å². The van der Waals surface area contributed by atoms with Crippen LogP contribution in [0.5, 0.6) is 11.5 Å². The van der Waals surface area contributed by atoms with Gasteiger partial charge in [0.1, 0.15) is 17.6 Å². The van der Waals surface area contributed by atoms with Gasteiger partial charge in [0, 0.05) is 12.5 Å². The van der Waals surface area contributed by atoms with Crippen LogP contribution >= 0.6 is 0 Å². The fraction of sp³-hybridized carbons (Fsp3) is 0.0909. The van der Waals surface area contributed by atoms with E-state index in [1.807, 2.05) is 0 Å². The Hall–Kier alpha value is -3.79. The molecule has 4 nitrogen and oxygen atoms in total. The first-order valence-corrected chi connectivity index (χ1v) is 8.54. The van der Waals surface area contributed by atoms with Gasteiger partial charge in [-0.1, -0.05) is 24.3 Å². The number of alkyl halides is 3. The zero-order chi connectivity index (χ0) is 21.0. The highest BCUT2D eigenvalue weighted by atomic mass is 19.4. The molecule has 0 aromatic heterocycles. The maximum atomic E-state index is 12.6. The lowest BCUT2D eigenvalue weighted by Crippen LogP contribution is -2.07. The summed E-state index contributed by atoms with van der Waals surface area (Å²) in [5, 5.41) is 12.1. The fourth-order valence-corrected chi connectivity index (χ4v) is 2.76. The number of hydrogen-bond acceptors (Lipinski definition) is 3. The summed E-state index contributed by atoms with van der Waals surface area (Å²) in [6.07, 6.45) is -4.40. The average molecular weight is 396 g/mol. The molecule has 3 rings (SSSR count). The number of anilines is 1. The molecule has 1 N–H and O–H groups in total. The van der Waals surface area contributed by atoms with Crippen molar-refractivity contribution in [2.24, 2.45) is 0 Å². The highest BCUT2D eigenvalue weighted by Crippen LogP contribution is 2.33. The van der Waals surface area contributed by atoms with E-state index < -0.39 is 11.7 Å². The molecule has 0 bridgehead atoms. The Morgan fingerprint density at radius 3 is 2.07 bits per heavy atom. The molecule has 1 amide bonds. The van der Waals surface area contributed by atoms with E-state index in [9.17, 15) is 23.2 Å². The molecule has 0 atom stereocenters. The van der Waals surface area contributed by atoms with Gasteiger partial charge >= 0.3 is 6.18 Å². The lowest BCUT2D eigenvalue weighted by Gasteiger charge is -2.11. The highest BCUT2D eigenvalue weighted by Gasteiger charge is 2.30. The van der Waals surface area contributed by atoms with Crippen molar-refractivity contribution in [3.8, 4) is 28.7 Å². The lowest BCUT2D eigenvalue weighted by atomic mass is 9.98. The summed E-state index contributed by atoms with van der Waals surface area (Å²) in [4.78, 5) is 11.3. The van der Waals surface area contributed by atoms with E-state index in [2.05, 4.69) is 11.4 Å². The van der Waals surface area contributed by atoms with Crippen LogP contribution in [-0.2, 0) is 11.0 Å². The third-order valence-corrected chi connectivity index (χ3v) is 4.07. The molecule has 29 heavy (non-hydrogen) atoms. The van der Waals surface area contributed by atoms with Crippen LogP contribution in [0.25, 0.3) is 11.1 Å². The number of nitriles is 1. The highest BCUT2D eigenvalue weighted by molar-refractivity contribution is 5.92. The normalized spacial score (nSPS) is 10.9. The molecule has 7 heteroatoms. The first-order chi connectivity index (χ1) is 13.8. The van der Waals surface area contributed by atoms with Crippen LogP contribution in [0.15, 0.2) is 66.7 Å². The van der Waals surface area contributed by atoms with Gasteiger partial charge < -0.3 is 10.1 Å². The van der Waals surface area contributed by atoms with Gasteiger partial charge in [0.25, 0.3) is 0 Å². The van der Waals surface area contributed by atoms with Crippen molar-refractivity contribution in [1.29, 1.82) is 5.26 Å². The number of carbonyl (C=O) groups excluding carboxylic acids is 1. The quantitative estimate of drug-likeness (QED) is 0.589. The smallest absolute Gasteiger partial charge is 0.416 e. The SMILES string of the molecule is CC(=O)Nc1cccc(-c2ccc(Oc3ccc(C(F)(F)F)cc3)cc2)c1C#N. The Labute approximate surface area is 165 Å². The van der Waals surface area contributed by atoms with Crippen LogP contribution in [0.3, 0.4) is 0 Å². The Morgan fingerprint density at radius 1 is 0.966 bits per heavy atom. The standard InChI is InChI=1S/C22H15F3N2O2/c1-14(28)27-21-4-2-3-19(20(21)13-26)15-5-9-17(10-6-15)29-18-11-7-16(8-12-18)22(23,24)25/h2-12H,1H3,(H,27,28). The van der Waals surface area contributed by atoms with Gasteiger partial charge in [-0.2, -0.15) is 18.4 Å². The molecule has 3 aromatic carbocycles. The number of carbonyl (C=O) groups is 1. The molecular weight excluding hydrogens is 381 g/mol. The first-order valence-electron chi connectivity index (χ1n) is 8.54. The number of rotatable bonds is 4. The summed E-state index contributed by atoms with van der Waals surface area (Å²) in [6.45, 7) is 1.36. The summed E-state index contributed by atoms with van der Waals surface area (Å²) in [5.41, 5.74) is 1.37. The third kappa shape index (κ3) is 4.74. The zero-order valence-corrected chi connectivity index (χ0v) is 15.2. The van der Waals surface area contributed by atoms with E-state index in [-0.39, 0.29) is 11.7 Å². The zero-order valence-electron chi connectivity index (χ0n) is 15.2. The predicted octanol–water partition coefficient (Wildman–Crippen LogP) is 5.99. The molecular formula is C22H15F3N2O2. The minimum atomic E-state index is -4.40. The second kappa shape index (κ2) is 8.07. The molecule has 0 saturated carbocycles. The molecule has 0 heterocycles. The van der Waals surface area contributed by atoms with Crippen molar-refractivity contribution < 1.29 is 22.7 Å². The predicted molar refractivity (Wildman–Crippen MR) is 102 cm³/mol. The Bertz CT molecular complexity index is 1070. The van der Waals surface area contributed by atoms with Crippen molar-refractivity contribution in [1.82, 2.24) is 0 Å². The molecule has 0 aliphatic heterocycles. The first kappa shape index (κ1) is 20.0. The largest absolute Gasteiger partial charge is 0.457 e. The Kier molecular flexibility index (Phi) is 5.55. The molecule has 0 fully saturated rings. The number of benzene rings is 3. The number of nitrogens with one attached hydrogen (secondary N) is 1. The number of ether oxygens (including phenoxy) is 1. The molecule has 0 aliphatic rings. The summed E-state index contributed by atoms with van der Waals surface area (Å²) in [6, 6.07) is 18.4. The molecule has 0 radical (unpaired) electrons. The van der Waals surface area contributed by atoms with Gasteiger partial charge in [0.05, 0.1) is 16.8 Å². The molecule has 0 unspecified atom stereocenters. The van der Waals surface area contributed by atoms with E-state index in [1.54, 1.807) is 42.5 Å². The van der Waals surface area contributed by atoms with Crippen LogP contribution in [0.4, 0.5) is 18.9 Å². The van der Waals surface area contributed by atoms with Crippen LogP contribution in [0.2, 0.25) is 0 Å². The summed E-state index contributed by atoms with van der Waals surface area (Å²) in [5.74, 6) is 0.431. The van der Waals surface area contributed by atoms with Crippen molar-refractivity contribution in [3.05, 3.63) is 77.9 Å². The molecule has 3 aromatic rings. The van der Waals surface area contributed by atoms with Crippen LogP contribution in [0, 0.1) is 11.3 Å². The summed E-state index contributed by atoms with van der Waals surface area (Å²) < 4.78 is 43.5. The van der Waals surface area contributed by atoms with E-state index in [4.69, 9.17) is 4.74 Å². The van der Waals surface area contributed by atoms with E-state index in [1.165, 1.54) is 19.1 Å². The number of halogens is 3. The van der Waals surface area contributed by atoms with Crippen LogP contribution < -0.4 is 10.1 Å². The van der Waals surface area contributed by atoms with Crippen LogP contribution in [0.1, 0.15) is 18.1 Å². The second-order valence-electron chi connectivity index (χ2n) is 6.17. The maximum Gasteiger partial charge on any atom is 0.416 e. The fourth-order valence-electron chi connectivity index (χ4n) is 2.76. The molecule has 0 saturated heterocycles. The van der Waals surface area contributed by atoms with Gasteiger partial charge in [-0.25, -0.2) is 0 Å². The van der Waals surface area contributed by atoms with E-state index in [0.29, 0.717) is 22.6 Å². The van der Waals surface area contributed by atoms with Gasteiger partial charge in [-0.3, -0.25) is 4.79 Å². The Balaban J connectivity index is 1.82. The Morgan fingerprint density at radius 2 is 1.55 bits per heavy atom. The minimum Gasteiger partial charge on any atom is -0.457 e. The van der Waals surface area contributed by atoms with Gasteiger partial charge in [0.15, 0.2) is 0 Å². The second-order valence-corrected chi connectivity index (χ2v) is 6.17. The number of hydrogen-bond donors (Lipinski definition) is 1. The summed E-state index contributed by atoms with van der Waals surface area (Å²) in [7, 11) is 0. The number of amides is 1. The van der Waals surface area contributed by atoms with Crippen molar-refractivity contribution in [2.45, 2.75) is 13.1 Å². The molecule has 0 aliphatic carbocycles. The minimum absolute atomic E-state index is 0.274. The summed E-state index contributed by atoms with van der Waals surface area (Å²) >= 11 is 0. The lowest BCUT2D eigenvalue weighted by molar-refractivity contribution is -0.137. The maximum absolute atomic E-state index is 12.6. The topological polar surface area (TPSA) is 62.1 Å². The van der Waals surface area contributed by atoms with Crippen LogP contribution in [-0.4, -0.2) is 5.91 Å². The van der Waals surface area contributed by atoms with Crippen molar-refractivity contribution >= 4 is 11.6 Å². The third-order valence-electron chi connectivity index (χ3n) is 4.07. The van der Waals surface area contributed by atoms with Gasteiger partial charge in [-0.05, 0) is 48.0 Å². The monoisotopic (exact) mass is 396 g/mol. The average Bonchev–Trinajstić information content (AvgIpc) is 2.68. The van der Waals surface area contributed by atoms with E-state index in [0.717, 1.165) is 17.7 Å². The van der Waals surface area contributed by atoms with Crippen molar-refractivity contribution in [2.75, 3.05) is 5.32 Å². The van der Waals surface area contributed by atoms with Crippen molar-refractivity contribution in [3.63, 3.8) is 0 Å². The molecule has 146 valence electrons.